The van der Waals surface area contributed by atoms with E-state index in [2.05, 4.69) is 25.1 Å². The van der Waals surface area contributed by atoms with Gasteiger partial charge in [0.2, 0.25) is 0 Å². The third kappa shape index (κ3) is 3.14. The summed E-state index contributed by atoms with van der Waals surface area (Å²) in [6, 6.07) is 5.91. The van der Waals surface area contributed by atoms with Crippen molar-refractivity contribution in [2.45, 2.75) is 20.8 Å². The Morgan fingerprint density at radius 1 is 0.900 bits per heavy atom. The predicted molar refractivity (Wildman–Crippen MR) is 112 cm³/mol. The fraction of sp³-hybridized carbons (Fsp3) is 0.476. The Labute approximate surface area is 175 Å². The van der Waals surface area contributed by atoms with Crippen molar-refractivity contribution in [2.24, 2.45) is 18.9 Å². The first kappa shape index (κ1) is 18.8. The number of fused-ring (bicyclic) bond motifs is 1. The second kappa shape index (κ2) is 6.93. The van der Waals surface area contributed by atoms with E-state index >= 15 is 0 Å². The Bertz CT molecular complexity index is 1100. The highest BCUT2D eigenvalue weighted by molar-refractivity contribution is 5.93. The number of hydrogen-bond donors (Lipinski definition) is 0. The molecule has 3 aromatic rings. The lowest BCUT2D eigenvalue weighted by molar-refractivity contribution is 0.0771. The second-order valence-corrected chi connectivity index (χ2v) is 8.50. The van der Waals surface area contributed by atoms with Crippen molar-refractivity contribution < 1.29 is 4.79 Å². The molecule has 0 aromatic carbocycles. The standard InChI is InChI=1S/C21H26N8O/c1-13-5-15(3)29(25-13)20-7-19(22-12-23-20)27-8-16-10-28(11-17(16)9-27)21(30)18-6-14(2)24-26(18)4/h5-7,12,16-17H,8-11H2,1-4H3. The summed E-state index contributed by atoms with van der Waals surface area (Å²) in [5.41, 5.74) is 3.55. The van der Waals surface area contributed by atoms with Gasteiger partial charge in [-0.05, 0) is 32.9 Å². The topological polar surface area (TPSA) is 85.0 Å². The van der Waals surface area contributed by atoms with Crippen molar-refractivity contribution in [3.63, 3.8) is 0 Å². The lowest BCUT2D eigenvalue weighted by Gasteiger charge is -2.22. The lowest BCUT2D eigenvalue weighted by Crippen LogP contribution is -2.34. The maximum Gasteiger partial charge on any atom is 0.272 e. The van der Waals surface area contributed by atoms with Crippen molar-refractivity contribution in [3.05, 3.63) is 47.3 Å². The number of rotatable bonds is 3. The van der Waals surface area contributed by atoms with Crippen LogP contribution in [0.2, 0.25) is 0 Å². The summed E-state index contributed by atoms with van der Waals surface area (Å²) in [6.45, 7) is 9.26. The quantitative estimate of drug-likeness (QED) is 0.656. The molecule has 156 valence electrons. The van der Waals surface area contributed by atoms with Gasteiger partial charge >= 0.3 is 0 Å². The van der Waals surface area contributed by atoms with E-state index in [0.717, 1.165) is 54.9 Å². The molecule has 5 rings (SSSR count). The Balaban J connectivity index is 1.29. The highest BCUT2D eigenvalue weighted by atomic mass is 16.2. The Hall–Kier alpha value is -3.23. The minimum Gasteiger partial charge on any atom is -0.356 e. The smallest absolute Gasteiger partial charge is 0.272 e. The zero-order valence-electron chi connectivity index (χ0n) is 17.8. The third-order valence-corrected chi connectivity index (χ3v) is 6.18. The molecule has 9 nitrogen and oxygen atoms in total. The van der Waals surface area contributed by atoms with Crippen LogP contribution in [0.3, 0.4) is 0 Å². The molecular weight excluding hydrogens is 380 g/mol. The van der Waals surface area contributed by atoms with Gasteiger partial charge in [-0.1, -0.05) is 0 Å². The monoisotopic (exact) mass is 406 g/mol. The molecule has 0 saturated carbocycles. The Morgan fingerprint density at radius 2 is 1.57 bits per heavy atom. The maximum absolute atomic E-state index is 12.9. The Kier molecular flexibility index (Phi) is 4.34. The Morgan fingerprint density at radius 3 is 2.17 bits per heavy atom. The molecule has 0 N–H and O–H groups in total. The van der Waals surface area contributed by atoms with Gasteiger partial charge in [0.1, 0.15) is 17.8 Å². The van der Waals surface area contributed by atoms with E-state index in [1.165, 1.54) is 0 Å². The van der Waals surface area contributed by atoms with Gasteiger partial charge in [0.15, 0.2) is 5.82 Å². The van der Waals surface area contributed by atoms with Gasteiger partial charge < -0.3 is 9.80 Å². The van der Waals surface area contributed by atoms with Crippen molar-refractivity contribution in [2.75, 3.05) is 31.1 Å². The fourth-order valence-corrected chi connectivity index (χ4v) is 4.81. The maximum atomic E-state index is 12.9. The SMILES string of the molecule is Cc1cc(C(=O)N2CC3CN(c4cc(-n5nc(C)cc5C)ncn4)CC3C2)n(C)n1. The largest absolute Gasteiger partial charge is 0.356 e. The van der Waals surface area contributed by atoms with Crippen molar-refractivity contribution in [3.8, 4) is 5.82 Å². The number of hydrogen-bond acceptors (Lipinski definition) is 6. The molecular formula is C21H26N8O. The van der Waals surface area contributed by atoms with Crippen LogP contribution in [0.4, 0.5) is 5.82 Å². The summed E-state index contributed by atoms with van der Waals surface area (Å²) in [7, 11) is 1.83. The minimum atomic E-state index is 0.0768. The molecule has 2 aliphatic heterocycles. The third-order valence-electron chi connectivity index (χ3n) is 6.18. The predicted octanol–water partition coefficient (Wildman–Crippen LogP) is 1.53. The summed E-state index contributed by atoms with van der Waals surface area (Å²) >= 11 is 0. The summed E-state index contributed by atoms with van der Waals surface area (Å²) in [5.74, 6) is 2.69. The minimum absolute atomic E-state index is 0.0768. The number of aromatic nitrogens is 6. The molecule has 0 bridgehead atoms. The molecule has 2 fully saturated rings. The molecule has 5 heterocycles. The summed E-state index contributed by atoms with van der Waals surface area (Å²) in [5, 5.41) is 8.84. The zero-order valence-corrected chi connectivity index (χ0v) is 17.8. The van der Waals surface area contributed by atoms with Crippen LogP contribution in [0.5, 0.6) is 0 Å². The highest BCUT2D eigenvalue weighted by Crippen LogP contribution is 2.34. The van der Waals surface area contributed by atoms with E-state index in [9.17, 15) is 4.79 Å². The van der Waals surface area contributed by atoms with Gasteiger partial charge in [0, 0.05) is 56.8 Å². The van der Waals surface area contributed by atoms with Gasteiger partial charge in [-0.2, -0.15) is 10.2 Å². The molecule has 0 radical (unpaired) electrons. The number of carbonyl (C=O) groups excluding carboxylic acids is 1. The van der Waals surface area contributed by atoms with Crippen LogP contribution in [-0.2, 0) is 7.05 Å². The first-order valence-corrected chi connectivity index (χ1v) is 10.3. The van der Waals surface area contributed by atoms with Crippen molar-refractivity contribution in [1.29, 1.82) is 0 Å². The zero-order chi connectivity index (χ0) is 21.0. The van der Waals surface area contributed by atoms with E-state index in [4.69, 9.17) is 0 Å². The van der Waals surface area contributed by atoms with Crippen LogP contribution in [0.1, 0.15) is 27.6 Å². The average Bonchev–Trinajstić information content (AvgIpc) is 3.44. The number of carbonyl (C=O) groups is 1. The summed E-state index contributed by atoms with van der Waals surface area (Å²) < 4.78 is 3.53. The number of nitrogens with zero attached hydrogens (tertiary/aromatic N) is 8. The normalized spacial score (nSPS) is 20.8. The molecule has 0 spiro atoms. The van der Waals surface area contributed by atoms with Gasteiger partial charge in [-0.15, -0.1) is 0 Å². The number of amides is 1. The molecule has 0 aliphatic carbocycles. The van der Waals surface area contributed by atoms with Gasteiger partial charge in [0.05, 0.1) is 11.4 Å². The molecule has 2 atom stereocenters. The average molecular weight is 406 g/mol. The first-order valence-electron chi connectivity index (χ1n) is 10.3. The van der Waals surface area contributed by atoms with E-state index in [-0.39, 0.29) is 5.91 Å². The first-order chi connectivity index (χ1) is 14.4. The van der Waals surface area contributed by atoms with Crippen LogP contribution >= 0.6 is 0 Å². The molecule has 3 aromatic heterocycles. The fourth-order valence-electron chi connectivity index (χ4n) is 4.81. The van der Waals surface area contributed by atoms with E-state index in [1.807, 2.05) is 55.6 Å². The van der Waals surface area contributed by atoms with Crippen LogP contribution < -0.4 is 4.90 Å². The molecule has 30 heavy (non-hydrogen) atoms. The molecule has 2 saturated heterocycles. The van der Waals surface area contributed by atoms with Crippen LogP contribution in [-0.4, -0.2) is 66.5 Å². The van der Waals surface area contributed by atoms with Crippen LogP contribution in [0.15, 0.2) is 24.5 Å². The highest BCUT2D eigenvalue weighted by Gasteiger charge is 2.42. The molecule has 2 aliphatic rings. The van der Waals surface area contributed by atoms with E-state index < -0.39 is 0 Å². The van der Waals surface area contributed by atoms with E-state index in [0.29, 0.717) is 17.5 Å². The molecule has 1 amide bonds. The van der Waals surface area contributed by atoms with Gasteiger partial charge in [0.25, 0.3) is 5.91 Å². The van der Waals surface area contributed by atoms with Crippen molar-refractivity contribution >= 4 is 11.7 Å². The van der Waals surface area contributed by atoms with E-state index in [1.54, 1.807) is 11.0 Å². The lowest BCUT2D eigenvalue weighted by atomic mass is 10.0. The molecule has 2 unspecified atom stereocenters. The molecule has 9 heteroatoms. The second-order valence-electron chi connectivity index (χ2n) is 8.50. The summed E-state index contributed by atoms with van der Waals surface area (Å²) in [4.78, 5) is 26.1. The van der Waals surface area contributed by atoms with Gasteiger partial charge in [-0.3, -0.25) is 9.48 Å². The number of likely N-dealkylation sites (tertiary alicyclic amines) is 1. The van der Waals surface area contributed by atoms with Crippen LogP contribution in [0.25, 0.3) is 5.82 Å². The number of aryl methyl sites for hydroxylation is 4. The number of anilines is 1. The van der Waals surface area contributed by atoms with Gasteiger partial charge in [-0.25, -0.2) is 14.6 Å². The van der Waals surface area contributed by atoms with Crippen molar-refractivity contribution in [1.82, 2.24) is 34.4 Å². The summed E-state index contributed by atoms with van der Waals surface area (Å²) in [6.07, 6.45) is 1.61. The van der Waals surface area contributed by atoms with Crippen LogP contribution in [0, 0.1) is 32.6 Å².